The van der Waals surface area contributed by atoms with Crippen molar-refractivity contribution < 1.29 is 27.2 Å². The van der Waals surface area contributed by atoms with Crippen LogP contribution in [-0.2, 0) is 27.2 Å². The fourth-order valence-corrected chi connectivity index (χ4v) is 7.71. The molecule has 0 aliphatic carbocycles. The highest BCUT2D eigenvalue weighted by Gasteiger charge is 2.44. The molecular formula is C24H46O6P2. The van der Waals surface area contributed by atoms with E-state index in [1.807, 2.05) is 0 Å². The maximum atomic E-state index is 13.5. The van der Waals surface area contributed by atoms with Crippen LogP contribution in [0.1, 0.15) is 87.5 Å². The molecule has 0 aromatic heterocycles. The third-order valence-corrected chi connectivity index (χ3v) is 10.1. The first-order valence-electron chi connectivity index (χ1n) is 11.9. The van der Waals surface area contributed by atoms with Crippen LogP contribution in [0.5, 0.6) is 0 Å². The quantitative estimate of drug-likeness (QED) is 0.141. The Hall–Kier alpha value is -0.480. The van der Waals surface area contributed by atoms with Gasteiger partial charge < -0.3 is 18.1 Å². The summed E-state index contributed by atoms with van der Waals surface area (Å²) in [7, 11) is -7.60. The second-order valence-electron chi connectivity index (χ2n) is 8.02. The van der Waals surface area contributed by atoms with Crippen LogP contribution in [0.2, 0.25) is 0 Å². The van der Waals surface area contributed by atoms with E-state index in [0.717, 1.165) is 25.7 Å². The number of hydrogen-bond donors (Lipinski definition) is 0. The first-order valence-corrected chi connectivity index (χ1v) is 14.9. The molecule has 188 valence electrons. The van der Waals surface area contributed by atoms with Crippen LogP contribution < -0.4 is 0 Å². The maximum absolute atomic E-state index is 13.5. The maximum Gasteiger partial charge on any atom is 0.369 e. The van der Waals surface area contributed by atoms with Crippen LogP contribution in [0.25, 0.3) is 0 Å². The molecule has 8 heteroatoms. The van der Waals surface area contributed by atoms with Gasteiger partial charge in [0.2, 0.25) is 0 Å². The van der Waals surface area contributed by atoms with Crippen molar-refractivity contribution in [2.45, 2.75) is 87.5 Å². The van der Waals surface area contributed by atoms with E-state index in [-0.39, 0.29) is 31.5 Å². The van der Waals surface area contributed by atoms with Crippen LogP contribution in [0.15, 0.2) is 34.4 Å². The van der Waals surface area contributed by atoms with Crippen molar-refractivity contribution >= 4 is 15.2 Å². The fourth-order valence-electron chi connectivity index (χ4n) is 3.12. The van der Waals surface area contributed by atoms with Gasteiger partial charge in [0.05, 0.1) is 26.4 Å². The molecule has 0 aromatic carbocycles. The van der Waals surface area contributed by atoms with Crippen molar-refractivity contribution in [2.24, 2.45) is 5.92 Å². The van der Waals surface area contributed by atoms with E-state index in [0.29, 0.717) is 12.3 Å². The lowest BCUT2D eigenvalue weighted by Gasteiger charge is -2.26. The number of hydrogen-bond acceptors (Lipinski definition) is 6. The second kappa shape index (κ2) is 17.0. The van der Waals surface area contributed by atoms with E-state index in [1.54, 1.807) is 33.8 Å². The Kier molecular flexibility index (Phi) is 16.8. The molecule has 0 amide bonds. The molecule has 0 saturated carbocycles. The molecule has 0 heterocycles. The van der Waals surface area contributed by atoms with Crippen molar-refractivity contribution in [3.05, 3.63) is 34.4 Å². The topological polar surface area (TPSA) is 71.1 Å². The summed E-state index contributed by atoms with van der Waals surface area (Å²) in [6.45, 7) is 16.1. The molecule has 0 radical (unpaired) electrons. The number of rotatable bonds is 18. The summed E-state index contributed by atoms with van der Waals surface area (Å²) in [5.41, 5.74) is 2.74. The molecule has 0 aliphatic heterocycles. The summed E-state index contributed by atoms with van der Waals surface area (Å²) in [5, 5.41) is 0.0256. The van der Waals surface area contributed by atoms with Gasteiger partial charge in [-0.05, 0) is 86.5 Å². The Labute approximate surface area is 196 Å². The third kappa shape index (κ3) is 12.1. The monoisotopic (exact) mass is 492 g/mol. The lowest BCUT2D eigenvalue weighted by molar-refractivity contribution is 0.214. The molecule has 1 atom stereocenters. The average Bonchev–Trinajstić information content (AvgIpc) is 2.68. The minimum absolute atomic E-state index is 0.0256. The highest BCUT2D eigenvalue weighted by Crippen LogP contribution is 2.74. The van der Waals surface area contributed by atoms with Gasteiger partial charge >= 0.3 is 15.2 Å². The number of allylic oxidation sites excluding steroid dienone is 5. The molecule has 0 bridgehead atoms. The van der Waals surface area contributed by atoms with Gasteiger partial charge in [0, 0.05) is 0 Å². The lowest BCUT2D eigenvalue weighted by Crippen LogP contribution is -2.05. The Morgan fingerprint density at radius 2 is 1.22 bits per heavy atom. The minimum atomic E-state index is -3.80. The van der Waals surface area contributed by atoms with Gasteiger partial charge in [-0.3, -0.25) is 9.13 Å². The zero-order valence-electron chi connectivity index (χ0n) is 21.5. The average molecular weight is 493 g/mol. The van der Waals surface area contributed by atoms with Gasteiger partial charge in [-0.1, -0.05) is 36.3 Å². The van der Waals surface area contributed by atoms with Crippen LogP contribution in [-0.4, -0.2) is 26.4 Å². The molecule has 0 fully saturated rings. The van der Waals surface area contributed by atoms with Crippen LogP contribution >= 0.6 is 15.2 Å². The molecule has 0 aliphatic rings. The van der Waals surface area contributed by atoms with E-state index < -0.39 is 15.2 Å². The van der Waals surface area contributed by atoms with Gasteiger partial charge in [0.15, 0.2) is 0 Å². The van der Waals surface area contributed by atoms with Crippen molar-refractivity contribution in [3.8, 4) is 0 Å². The lowest BCUT2D eigenvalue weighted by atomic mass is 10.0. The highest BCUT2D eigenvalue weighted by molar-refractivity contribution is 7.78. The van der Waals surface area contributed by atoms with Gasteiger partial charge in [0.1, 0.15) is 5.06 Å². The fraction of sp³-hybridized carbons (Fsp3) is 0.750. The summed E-state index contributed by atoms with van der Waals surface area (Å²) in [4.78, 5) is 0. The molecular weight excluding hydrogens is 446 g/mol. The van der Waals surface area contributed by atoms with E-state index in [9.17, 15) is 9.13 Å². The summed E-state index contributed by atoms with van der Waals surface area (Å²) in [6.07, 6.45) is 10.9. The molecule has 0 N–H and O–H groups in total. The van der Waals surface area contributed by atoms with Crippen molar-refractivity contribution in [1.82, 2.24) is 0 Å². The predicted molar refractivity (Wildman–Crippen MR) is 135 cm³/mol. The van der Waals surface area contributed by atoms with Crippen molar-refractivity contribution in [2.75, 3.05) is 26.4 Å². The van der Waals surface area contributed by atoms with Gasteiger partial charge in [-0.25, -0.2) is 0 Å². The standard InChI is InChI=1S/C24H46O6P2/c1-9-27-31(25,28-10-2)24(32(26,29-11-3)30-12-4)20-19-23(8)18-14-17-22(7)16-13-15-21(5)6/h15,17,20,23H,9-14,16,18-19H2,1-8H3. The summed E-state index contributed by atoms with van der Waals surface area (Å²) in [6, 6.07) is 0. The largest absolute Gasteiger partial charge is 0.369 e. The first kappa shape index (κ1) is 31.5. The Balaban J connectivity index is 5.47. The van der Waals surface area contributed by atoms with E-state index in [4.69, 9.17) is 18.1 Å². The van der Waals surface area contributed by atoms with Crippen LogP contribution in [0.3, 0.4) is 0 Å². The molecule has 6 nitrogen and oxygen atoms in total. The van der Waals surface area contributed by atoms with Crippen molar-refractivity contribution in [3.63, 3.8) is 0 Å². The van der Waals surface area contributed by atoms with E-state index in [1.165, 1.54) is 11.1 Å². The molecule has 0 aromatic rings. The van der Waals surface area contributed by atoms with Gasteiger partial charge in [-0.2, -0.15) is 0 Å². The minimum Gasteiger partial charge on any atom is -0.305 e. The summed E-state index contributed by atoms with van der Waals surface area (Å²) >= 11 is 0. The Morgan fingerprint density at radius 1 is 0.750 bits per heavy atom. The van der Waals surface area contributed by atoms with Crippen LogP contribution in [0, 0.1) is 5.92 Å². The molecule has 0 saturated heterocycles. The first-order chi connectivity index (χ1) is 15.1. The summed E-state index contributed by atoms with van der Waals surface area (Å²) < 4.78 is 49.0. The van der Waals surface area contributed by atoms with Crippen molar-refractivity contribution in [1.29, 1.82) is 0 Å². The molecule has 0 rings (SSSR count). The van der Waals surface area contributed by atoms with Gasteiger partial charge in [0.25, 0.3) is 0 Å². The Bertz CT molecular complexity index is 655. The predicted octanol–water partition coefficient (Wildman–Crippen LogP) is 8.86. The normalized spacial score (nSPS) is 13.7. The Morgan fingerprint density at radius 3 is 1.62 bits per heavy atom. The van der Waals surface area contributed by atoms with E-state index in [2.05, 4.69) is 39.8 Å². The third-order valence-electron chi connectivity index (χ3n) is 4.70. The zero-order chi connectivity index (χ0) is 24.6. The molecule has 1 unspecified atom stereocenters. The van der Waals surface area contributed by atoms with E-state index >= 15 is 0 Å². The smallest absolute Gasteiger partial charge is 0.305 e. The van der Waals surface area contributed by atoms with Gasteiger partial charge in [-0.15, -0.1) is 0 Å². The summed E-state index contributed by atoms with van der Waals surface area (Å²) in [5.74, 6) is 0.292. The molecule has 32 heavy (non-hydrogen) atoms. The molecule has 0 spiro atoms. The zero-order valence-corrected chi connectivity index (χ0v) is 23.3. The van der Waals surface area contributed by atoms with Crippen LogP contribution in [0.4, 0.5) is 0 Å². The SMILES string of the molecule is CCOP(=O)(OCC)C(=CCC(C)CCC=C(C)CCC=C(C)C)P(=O)(OCC)OCC. The highest BCUT2D eigenvalue weighted by atomic mass is 31.2. The second-order valence-corrected chi connectivity index (χ2v) is 12.4.